The predicted octanol–water partition coefficient (Wildman–Crippen LogP) is 5.67. The fraction of sp³-hybridized carbons (Fsp3) is 0.333. The normalized spacial score (nSPS) is 12.8. The summed E-state index contributed by atoms with van der Waals surface area (Å²) in [6, 6.07) is 21.7. The molecule has 0 saturated carbocycles. The van der Waals surface area contributed by atoms with Crippen molar-refractivity contribution in [3.63, 3.8) is 0 Å². The van der Waals surface area contributed by atoms with Gasteiger partial charge in [0.1, 0.15) is 12.6 Å². The molecule has 0 aliphatic carbocycles. The third-order valence-electron chi connectivity index (χ3n) is 6.59. The Morgan fingerprint density at radius 1 is 0.897 bits per heavy atom. The summed E-state index contributed by atoms with van der Waals surface area (Å²) in [5.74, 6) is -0.724. The fourth-order valence-corrected chi connectivity index (χ4v) is 5.81. The van der Waals surface area contributed by atoms with Crippen LogP contribution in [-0.2, 0) is 26.2 Å². The van der Waals surface area contributed by atoms with E-state index in [0.717, 1.165) is 26.3 Å². The molecule has 9 heteroatoms. The smallest absolute Gasteiger partial charge is 0.264 e. The molecule has 0 unspecified atom stereocenters. The first-order valence-electron chi connectivity index (χ1n) is 13.1. The van der Waals surface area contributed by atoms with E-state index in [0.29, 0.717) is 12.1 Å². The second-order valence-corrected chi connectivity index (χ2v) is 12.3. The average molecular weight is 615 g/mol. The van der Waals surface area contributed by atoms with E-state index in [-0.39, 0.29) is 23.4 Å². The summed E-state index contributed by atoms with van der Waals surface area (Å²) in [7, 11) is -4.08. The number of hydrogen-bond acceptors (Lipinski definition) is 4. The number of carbonyl (C=O) groups excluding carboxylic acids is 2. The number of sulfonamides is 1. The lowest BCUT2D eigenvalue weighted by atomic mass is 10.1. The minimum atomic E-state index is -4.08. The summed E-state index contributed by atoms with van der Waals surface area (Å²) in [5, 5.41) is 2.99. The maximum absolute atomic E-state index is 14.0. The van der Waals surface area contributed by atoms with Gasteiger partial charge >= 0.3 is 0 Å². The first-order valence-corrected chi connectivity index (χ1v) is 15.3. The number of halogens is 1. The van der Waals surface area contributed by atoms with E-state index >= 15 is 0 Å². The van der Waals surface area contributed by atoms with Crippen LogP contribution in [0.3, 0.4) is 0 Å². The number of aryl methyl sites for hydroxylation is 1. The van der Waals surface area contributed by atoms with Crippen molar-refractivity contribution in [3.05, 3.63) is 94.5 Å². The van der Waals surface area contributed by atoms with E-state index in [9.17, 15) is 18.0 Å². The fourth-order valence-electron chi connectivity index (χ4n) is 4.11. The van der Waals surface area contributed by atoms with Crippen molar-refractivity contribution in [2.75, 3.05) is 10.8 Å². The molecule has 0 spiro atoms. The SMILES string of the molecule is CC[C@H](C(=O)N[C@@H](C)CC)N(Cc1ccc(C)cc1)C(=O)CN(c1ccc(Br)cc1)S(=O)(=O)c1ccccc1. The highest BCUT2D eigenvalue weighted by molar-refractivity contribution is 9.10. The lowest BCUT2D eigenvalue weighted by Gasteiger charge is -2.33. The minimum Gasteiger partial charge on any atom is -0.352 e. The Bertz CT molecular complexity index is 1350. The number of rotatable bonds is 12. The van der Waals surface area contributed by atoms with Gasteiger partial charge in [-0.05, 0) is 68.7 Å². The molecule has 208 valence electrons. The van der Waals surface area contributed by atoms with Gasteiger partial charge in [0.05, 0.1) is 10.6 Å². The molecule has 3 aromatic rings. The van der Waals surface area contributed by atoms with Crippen LogP contribution >= 0.6 is 15.9 Å². The van der Waals surface area contributed by atoms with E-state index in [1.54, 1.807) is 42.5 Å². The van der Waals surface area contributed by atoms with Crippen molar-refractivity contribution in [2.45, 2.75) is 64.1 Å². The molecule has 3 aromatic carbocycles. The molecule has 0 saturated heterocycles. The second kappa shape index (κ2) is 13.8. The van der Waals surface area contributed by atoms with E-state index in [1.807, 2.05) is 52.0 Å². The summed E-state index contributed by atoms with van der Waals surface area (Å²) in [5.41, 5.74) is 2.28. The van der Waals surface area contributed by atoms with Crippen LogP contribution in [0.4, 0.5) is 5.69 Å². The molecule has 0 aromatic heterocycles. The lowest BCUT2D eigenvalue weighted by molar-refractivity contribution is -0.140. The van der Waals surface area contributed by atoms with E-state index < -0.39 is 28.5 Å². The monoisotopic (exact) mass is 613 g/mol. The van der Waals surface area contributed by atoms with Gasteiger partial charge in [-0.2, -0.15) is 0 Å². The largest absolute Gasteiger partial charge is 0.352 e. The van der Waals surface area contributed by atoms with Gasteiger partial charge < -0.3 is 10.2 Å². The molecule has 2 atom stereocenters. The molecule has 1 N–H and O–H groups in total. The van der Waals surface area contributed by atoms with Crippen molar-refractivity contribution in [3.8, 4) is 0 Å². The zero-order valence-electron chi connectivity index (χ0n) is 22.8. The van der Waals surface area contributed by atoms with Gasteiger partial charge in [0.15, 0.2) is 0 Å². The van der Waals surface area contributed by atoms with E-state index in [4.69, 9.17) is 0 Å². The third-order valence-corrected chi connectivity index (χ3v) is 8.90. The number of nitrogens with one attached hydrogen (secondary N) is 1. The molecule has 3 rings (SSSR count). The Morgan fingerprint density at radius 3 is 2.08 bits per heavy atom. The van der Waals surface area contributed by atoms with Crippen LogP contribution in [0.15, 0.2) is 88.2 Å². The summed E-state index contributed by atoms with van der Waals surface area (Å²) >= 11 is 3.39. The molecule has 0 aliphatic heterocycles. The quantitative estimate of drug-likeness (QED) is 0.285. The molecule has 0 bridgehead atoms. The van der Waals surface area contributed by atoms with Crippen molar-refractivity contribution >= 4 is 43.5 Å². The van der Waals surface area contributed by atoms with Crippen LogP contribution in [0.25, 0.3) is 0 Å². The zero-order chi connectivity index (χ0) is 28.6. The predicted molar refractivity (Wildman–Crippen MR) is 159 cm³/mol. The first-order chi connectivity index (χ1) is 18.6. The first kappa shape index (κ1) is 30.4. The molecule has 7 nitrogen and oxygen atoms in total. The molecular weight excluding hydrogens is 578 g/mol. The number of amides is 2. The summed E-state index contributed by atoms with van der Waals surface area (Å²) in [6.45, 7) is 7.43. The number of hydrogen-bond donors (Lipinski definition) is 1. The average Bonchev–Trinajstić information content (AvgIpc) is 2.93. The summed E-state index contributed by atoms with van der Waals surface area (Å²) < 4.78 is 29.5. The minimum absolute atomic E-state index is 0.0550. The maximum Gasteiger partial charge on any atom is 0.264 e. The molecule has 39 heavy (non-hydrogen) atoms. The van der Waals surface area contributed by atoms with Gasteiger partial charge in [0.25, 0.3) is 10.0 Å². The van der Waals surface area contributed by atoms with E-state index in [1.165, 1.54) is 17.0 Å². The van der Waals surface area contributed by atoms with Crippen LogP contribution in [0.5, 0.6) is 0 Å². The number of benzene rings is 3. The van der Waals surface area contributed by atoms with Crippen LogP contribution in [0.1, 0.15) is 44.7 Å². The van der Waals surface area contributed by atoms with Gasteiger partial charge in [-0.25, -0.2) is 8.42 Å². The number of nitrogens with zero attached hydrogens (tertiary/aromatic N) is 2. The Balaban J connectivity index is 2.03. The maximum atomic E-state index is 14.0. The van der Waals surface area contributed by atoms with Gasteiger partial charge in [0, 0.05) is 17.1 Å². The topological polar surface area (TPSA) is 86.8 Å². The molecule has 0 radical (unpaired) electrons. The van der Waals surface area contributed by atoms with E-state index in [2.05, 4.69) is 21.2 Å². The standard InChI is InChI=1S/C30H36BrN3O4S/c1-5-23(4)32-30(36)28(6-2)33(20-24-14-12-22(3)13-15-24)29(35)21-34(26-18-16-25(31)17-19-26)39(37,38)27-10-8-7-9-11-27/h7-19,23,28H,5-6,20-21H2,1-4H3,(H,32,36)/t23-,28+/m0/s1. The Morgan fingerprint density at radius 2 is 1.51 bits per heavy atom. The Labute approximate surface area is 240 Å². The van der Waals surface area contributed by atoms with Gasteiger partial charge in [-0.3, -0.25) is 13.9 Å². The molecular formula is C30H36BrN3O4S. The lowest BCUT2D eigenvalue weighted by Crippen LogP contribution is -2.53. The van der Waals surface area contributed by atoms with Crippen LogP contribution in [0, 0.1) is 6.92 Å². The van der Waals surface area contributed by atoms with Crippen LogP contribution in [0.2, 0.25) is 0 Å². The van der Waals surface area contributed by atoms with Gasteiger partial charge in [-0.1, -0.05) is 77.8 Å². The highest BCUT2D eigenvalue weighted by Crippen LogP contribution is 2.26. The summed E-state index contributed by atoms with van der Waals surface area (Å²) in [4.78, 5) is 28.9. The molecule has 0 aliphatic rings. The number of anilines is 1. The van der Waals surface area contributed by atoms with Gasteiger partial charge in [-0.15, -0.1) is 0 Å². The Hall–Kier alpha value is -3.17. The molecule has 2 amide bonds. The van der Waals surface area contributed by atoms with Crippen molar-refractivity contribution in [1.29, 1.82) is 0 Å². The molecule has 0 heterocycles. The second-order valence-electron chi connectivity index (χ2n) is 9.55. The highest BCUT2D eigenvalue weighted by atomic mass is 79.9. The van der Waals surface area contributed by atoms with Crippen molar-refractivity contribution in [1.82, 2.24) is 10.2 Å². The van der Waals surface area contributed by atoms with Crippen LogP contribution in [-0.4, -0.2) is 43.8 Å². The van der Waals surface area contributed by atoms with Crippen molar-refractivity contribution in [2.24, 2.45) is 0 Å². The highest BCUT2D eigenvalue weighted by Gasteiger charge is 2.33. The van der Waals surface area contributed by atoms with Gasteiger partial charge in [0.2, 0.25) is 11.8 Å². The zero-order valence-corrected chi connectivity index (χ0v) is 25.2. The third kappa shape index (κ3) is 7.92. The molecule has 0 fully saturated rings. The van der Waals surface area contributed by atoms with Crippen LogP contribution < -0.4 is 9.62 Å². The van der Waals surface area contributed by atoms with Crippen molar-refractivity contribution < 1.29 is 18.0 Å². The number of carbonyl (C=O) groups is 2. The summed E-state index contributed by atoms with van der Waals surface area (Å²) in [6.07, 6.45) is 1.13. The Kier molecular flexibility index (Phi) is 10.7.